The lowest BCUT2D eigenvalue weighted by molar-refractivity contribution is -0.113. The Bertz CT molecular complexity index is 430. The molecular weight excluding hydrogens is 246 g/mol. The SMILES string of the molecule is CC1CCCC(N(C)CC(C)(C=O)c2ccccc2)C1. The van der Waals surface area contributed by atoms with E-state index in [4.69, 9.17) is 0 Å². The smallest absolute Gasteiger partial charge is 0.131 e. The molecule has 0 spiro atoms. The fourth-order valence-corrected chi connectivity index (χ4v) is 3.47. The van der Waals surface area contributed by atoms with E-state index in [-0.39, 0.29) is 0 Å². The first-order chi connectivity index (χ1) is 9.55. The van der Waals surface area contributed by atoms with Crippen LogP contribution in [-0.2, 0) is 10.2 Å². The standard InChI is InChI=1S/C18H27NO/c1-15-8-7-11-17(12-15)19(3)13-18(2,14-20)16-9-5-4-6-10-16/h4-6,9-10,14-15,17H,7-8,11-13H2,1-3H3. The Labute approximate surface area is 123 Å². The first-order valence-electron chi connectivity index (χ1n) is 7.77. The summed E-state index contributed by atoms with van der Waals surface area (Å²) in [4.78, 5) is 14.1. The summed E-state index contributed by atoms with van der Waals surface area (Å²) < 4.78 is 0. The van der Waals surface area contributed by atoms with Crippen LogP contribution in [0.1, 0.15) is 45.1 Å². The van der Waals surface area contributed by atoms with Crippen molar-refractivity contribution in [2.75, 3.05) is 13.6 Å². The van der Waals surface area contributed by atoms with Crippen molar-refractivity contribution in [3.05, 3.63) is 35.9 Å². The Morgan fingerprint density at radius 3 is 2.60 bits per heavy atom. The molecule has 0 radical (unpaired) electrons. The predicted octanol–water partition coefficient (Wildman–Crippen LogP) is 3.65. The van der Waals surface area contributed by atoms with Crippen molar-refractivity contribution >= 4 is 6.29 Å². The highest BCUT2D eigenvalue weighted by molar-refractivity contribution is 5.68. The van der Waals surface area contributed by atoms with E-state index in [1.807, 2.05) is 18.2 Å². The van der Waals surface area contributed by atoms with Crippen LogP contribution >= 0.6 is 0 Å². The van der Waals surface area contributed by atoms with Gasteiger partial charge in [0, 0.05) is 12.6 Å². The van der Waals surface area contributed by atoms with Gasteiger partial charge in [-0.1, -0.05) is 50.1 Å². The molecule has 1 saturated carbocycles. The molecular formula is C18H27NO. The van der Waals surface area contributed by atoms with Crippen molar-refractivity contribution in [1.82, 2.24) is 4.90 Å². The molecule has 1 fully saturated rings. The number of hydrogen-bond donors (Lipinski definition) is 0. The van der Waals surface area contributed by atoms with Crippen LogP contribution in [0, 0.1) is 5.92 Å². The zero-order chi connectivity index (χ0) is 14.6. The van der Waals surface area contributed by atoms with Crippen molar-refractivity contribution in [2.45, 2.75) is 51.0 Å². The van der Waals surface area contributed by atoms with E-state index in [9.17, 15) is 4.79 Å². The minimum atomic E-state index is -0.406. The van der Waals surface area contributed by atoms with Crippen LogP contribution < -0.4 is 0 Å². The number of likely N-dealkylation sites (N-methyl/N-ethyl adjacent to an activating group) is 1. The van der Waals surface area contributed by atoms with Gasteiger partial charge in [0.15, 0.2) is 0 Å². The molecule has 110 valence electrons. The summed E-state index contributed by atoms with van der Waals surface area (Å²) in [5.74, 6) is 0.815. The summed E-state index contributed by atoms with van der Waals surface area (Å²) in [7, 11) is 2.17. The monoisotopic (exact) mass is 273 g/mol. The number of hydrogen-bond acceptors (Lipinski definition) is 2. The minimum Gasteiger partial charge on any atom is -0.302 e. The molecule has 1 aliphatic rings. The lowest BCUT2D eigenvalue weighted by Crippen LogP contribution is -2.44. The van der Waals surface area contributed by atoms with Gasteiger partial charge in [-0.15, -0.1) is 0 Å². The lowest BCUT2D eigenvalue weighted by atomic mass is 9.81. The average Bonchev–Trinajstić information content (AvgIpc) is 2.48. The Morgan fingerprint density at radius 2 is 2.00 bits per heavy atom. The van der Waals surface area contributed by atoms with E-state index in [0.717, 1.165) is 24.3 Å². The molecule has 2 heteroatoms. The fraction of sp³-hybridized carbons (Fsp3) is 0.611. The average molecular weight is 273 g/mol. The van der Waals surface area contributed by atoms with Crippen molar-refractivity contribution in [2.24, 2.45) is 5.92 Å². The second-order valence-corrected chi connectivity index (χ2v) is 6.74. The number of carbonyl (C=O) groups is 1. The van der Waals surface area contributed by atoms with Gasteiger partial charge >= 0.3 is 0 Å². The molecule has 0 N–H and O–H groups in total. The predicted molar refractivity (Wildman–Crippen MR) is 83.9 cm³/mol. The van der Waals surface area contributed by atoms with Crippen LogP contribution in [0.5, 0.6) is 0 Å². The van der Waals surface area contributed by atoms with Crippen LogP contribution in [0.3, 0.4) is 0 Å². The number of rotatable bonds is 5. The second-order valence-electron chi connectivity index (χ2n) is 6.74. The van der Waals surface area contributed by atoms with E-state index < -0.39 is 5.41 Å². The molecule has 0 saturated heterocycles. The maximum atomic E-state index is 11.7. The van der Waals surface area contributed by atoms with Crippen LogP contribution in [-0.4, -0.2) is 30.8 Å². The van der Waals surface area contributed by atoms with Gasteiger partial charge in [0.05, 0.1) is 5.41 Å². The van der Waals surface area contributed by atoms with Crippen molar-refractivity contribution in [1.29, 1.82) is 0 Å². The highest BCUT2D eigenvalue weighted by Gasteiger charge is 2.31. The van der Waals surface area contributed by atoms with Gasteiger partial charge in [0.1, 0.15) is 6.29 Å². The normalized spacial score (nSPS) is 26.2. The second kappa shape index (κ2) is 6.53. The zero-order valence-corrected chi connectivity index (χ0v) is 13.0. The molecule has 3 unspecified atom stereocenters. The first-order valence-corrected chi connectivity index (χ1v) is 7.77. The van der Waals surface area contributed by atoms with Crippen molar-refractivity contribution < 1.29 is 4.79 Å². The van der Waals surface area contributed by atoms with Crippen LogP contribution in [0.2, 0.25) is 0 Å². The van der Waals surface area contributed by atoms with Gasteiger partial charge in [-0.25, -0.2) is 0 Å². The van der Waals surface area contributed by atoms with E-state index >= 15 is 0 Å². The molecule has 0 amide bonds. The van der Waals surface area contributed by atoms with Gasteiger partial charge in [0.2, 0.25) is 0 Å². The maximum Gasteiger partial charge on any atom is 0.131 e. The molecule has 2 nitrogen and oxygen atoms in total. The topological polar surface area (TPSA) is 20.3 Å². The molecule has 0 heterocycles. The van der Waals surface area contributed by atoms with Gasteiger partial charge in [-0.2, -0.15) is 0 Å². The van der Waals surface area contributed by atoms with Crippen molar-refractivity contribution in [3.63, 3.8) is 0 Å². The fourth-order valence-electron chi connectivity index (χ4n) is 3.47. The van der Waals surface area contributed by atoms with E-state index in [1.165, 1.54) is 25.7 Å². The first kappa shape index (κ1) is 15.2. The van der Waals surface area contributed by atoms with E-state index in [2.05, 4.69) is 37.9 Å². The zero-order valence-electron chi connectivity index (χ0n) is 13.0. The molecule has 1 aromatic rings. The Kier molecular flexibility index (Phi) is 4.98. The van der Waals surface area contributed by atoms with Gasteiger partial charge in [-0.05, 0) is 38.3 Å². The van der Waals surface area contributed by atoms with Gasteiger partial charge in [-0.3, -0.25) is 0 Å². The van der Waals surface area contributed by atoms with E-state index in [0.29, 0.717) is 6.04 Å². The van der Waals surface area contributed by atoms with E-state index in [1.54, 1.807) is 0 Å². The largest absolute Gasteiger partial charge is 0.302 e. The number of aldehydes is 1. The molecule has 0 bridgehead atoms. The minimum absolute atomic E-state index is 0.406. The molecule has 3 atom stereocenters. The van der Waals surface area contributed by atoms with Gasteiger partial charge in [0.25, 0.3) is 0 Å². The van der Waals surface area contributed by atoms with Gasteiger partial charge < -0.3 is 9.69 Å². The quantitative estimate of drug-likeness (QED) is 0.763. The molecule has 2 rings (SSSR count). The van der Waals surface area contributed by atoms with Crippen LogP contribution in [0.4, 0.5) is 0 Å². The summed E-state index contributed by atoms with van der Waals surface area (Å²) in [6, 6.07) is 10.8. The summed E-state index contributed by atoms with van der Waals surface area (Å²) in [6.45, 7) is 5.20. The third-order valence-corrected chi connectivity index (χ3v) is 4.80. The number of benzene rings is 1. The third-order valence-electron chi connectivity index (χ3n) is 4.80. The summed E-state index contributed by atoms with van der Waals surface area (Å²) >= 11 is 0. The molecule has 20 heavy (non-hydrogen) atoms. The summed E-state index contributed by atoms with van der Waals surface area (Å²) in [6.07, 6.45) is 6.32. The summed E-state index contributed by atoms with van der Waals surface area (Å²) in [5.41, 5.74) is 0.710. The summed E-state index contributed by atoms with van der Waals surface area (Å²) in [5, 5.41) is 0. The Morgan fingerprint density at radius 1 is 1.30 bits per heavy atom. The van der Waals surface area contributed by atoms with Crippen LogP contribution in [0.25, 0.3) is 0 Å². The molecule has 0 aromatic heterocycles. The lowest BCUT2D eigenvalue weighted by Gasteiger charge is -2.38. The number of nitrogens with zero attached hydrogens (tertiary/aromatic N) is 1. The molecule has 1 aromatic carbocycles. The molecule has 0 aliphatic heterocycles. The van der Waals surface area contributed by atoms with Crippen LogP contribution in [0.15, 0.2) is 30.3 Å². The number of carbonyl (C=O) groups excluding carboxylic acids is 1. The Hall–Kier alpha value is -1.15. The maximum absolute atomic E-state index is 11.7. The highest BCUT2D eigenvalue weighted by atomic mass is 16.1. The third kappa shape index (κ3) is 3.49. The highest BCUT2D eigenvalue weighted by Crippen LogP contribution is 2.29. The molecule has 1 aliphatic carbocycles. The van der Waals surface area contributed by atoms with Crippen molar-refractivity contribution in [3.8, 4) is 0 Å². The Balaban J connectivity index is 2.07.